The average Bonchev–Trinajstić information content (AvgIpc) is 2.83. The molecule has 3 aromatic carbocycles. The molecule has 4 nitrogen and oxygen atoms in total. The maximum atomic E-state index is 15.0. The highest BCUT2D eigenvalue weighted by molar-refractivity contribution is 5.15. The first-order chi connectivity index (χ1) is 15.7. The van der Waals surface area contributed by atoms with Gasteiger partial charge in [-0.2, -0.15) is 0 Å². The smallest absolute Gasteiger partial charge is 0.228 e. The van der Waals surface area contributed by atoms with Gasteiger partial charge in [-0.25, -0.2) is 4.39 Å². The van der Waals surface area contributed by atoms with E-state index in [-0.39, 0.29) is 6.61 Å². The van der Waals surface area contributed by atoms with Crippen LogP contribution in [0, 0.1) is 0 Å². The van der Waals surface area contributed by atoms with Crippen molar-refractivity contribution in [2.75, 3.05) is 0 Å². The van der Waals surface area contributed by atoms with Gasteiger partial charge in [0.05, 0.1) is 25.9 Å². The molecule has 0 saturated carbocycles. The Hall–Kier alpha value is -2.57. The zero-order chi connectivity index (χ0) is 22.2. The molecule has 0 radical (unpaired) electrons. The minimum absolute atomic E-state index is 0.264. The lowest BCUT2D eigenvalue weighted by molar-refractivity contribution is -0.288. The molecule has 3 aromatic rings. The highest BCUT2D eigenvalue weighted by atomic mass is 19.1. The fourth-order valence-electron chi connectivity index (χ4n) is 3.85. The molecule has 1 saturated heterocycles. The predicted octanol–water partition coefficient (Wildman–Crippen LogP) is 5.46. The Morgan fingerprint density at radius 2 is 0.969 bits per heavy atom. The van der Waals surface area contributed by atoms with Crippen LogP contribution in [0.5, 0.6) is 0 Å². The lowest BCUT2D eigenvalue weighted by atomic mass is 9.99. The van der Waals surface area contributed by atoms with Gasteiger partial charge in [0.1, 0.15) is 18.3 Å². The van der Waals surface area contributed by atoms with Crippen molar-refractivity contribution in [3.8, 4) is 0 Å². The first kappa shape index (κ1) is 22.6. The van der Waals surface area contributed by atoms with Crippen molar-refractivity contribution >= 4 is 0 Å². The van der Waals surface area contributed by atoms with Gasteiger partial charge in [0.15, 0.2) is 0 Å². The van der Waals surface area contributed by atoms with Crippen LogP contribution in [0.2, 0.25) is 0 Å². The summed E-state index contributed by atoms with van der Waals surface area (Å²) < 4.78 is 39.1. The maximum absolute atomic E-state index is 15.0. The Morgan fingerprint density at radius 3 is 1.41 bits per heavy atom. The summed E-state index contributed by atoms with van der Waals surface area (Å²) in [5, 5.41) is 0. The molecular weight excluding hydrogens is 407 g/mol. The number of alkyl halides is 1. The second kappa shape index (κ2) is 11.3. The molecule has 0 aliphatic carbocycles. The standard InChI is InChI=1S/C27H29FO4/c1-20-24(29-17-21-11-5-2-6-12-21)25(30-18-22-13-7-3-8-14-22)26(27(28)32-20)31-19-23-15-9-4-10-16-23/h2-16,20,24-27H,17-19H2,1H3/t20?,24-,25?,26?,27+/m0/s1. The molecule has 1 aliphatic heterocycles. The molecule has 0 amide bonds. The fourth-order valence-corrected chi connectivity index (χ4v) is 3.85. The van der Waals surface area contributed by atoms with Crippen LogP contribution in [0.3, 0.4) is 0 Å². The van der Waals surface area contributed by atoms with Gasteiger partial charge in [0.25, 0.3) is 0 Å². The molecule has 1 aliphatic rings. The van der Waals surface area contributed by atoms with Gasteiger partial charge in [-0.15, -0.1) is 0 Å². The van der Waals surface area contributed by atoms with E-state index in [1.54, 1.807) is 0 Å². The largest absolute Gasteiger partial charge is 0.368 e. The molecule has 3 unspecified atom stereocenters. The van der Waals surface area contributed by atoms with E-state index in [1.807, 2.05) is 97.9 Å². The Kier molecular flexibility index (Phi) is 8.02. The quantitative estimate of drug-likeness (QED) is 0.447. The zero-order valence-corrected chi connectivity index (χ0v) is 18.2. The van der Waals surface area contributed by atoms with Gasteiger partial charge in [0.2, 0.25) is 6.36 Å². The molecular formula is C27H29FO4. The van der Waals surface area contributed by atoms with Crippen LogP contribution < -0.4 is 0 Å². The van der Waals surface area contributed by atoms with Crippen molar-refractivity contribution in [2.45, 2.75) is 57.5 Å². The normalized spacial score (nSPS) is 25.5. The lowest BCUT2D eigenvalue weighted by Crippen LogP contribution is -2.58. The van der Waals surface area contributed by atoms with Crippen molar-refractivity contribution < 1.29 is 23.3 Å². The number of ether oxygens (including phenoxy) is 4. The molecule has 0 bridgehead atoms. The minimum Gasteiger partial charge on any atom is -0.368 e. The van der Waals surface area contributed by atoms with Gasteiger partial charge in [-0.05, 0) is 23.6 Å². The van der Waals surface area contributed by atoms with E-state index in [2.05, 4.69) is 0 Å². The molecule has 0 aromatic heterocycles. The summed E-state index contributed by atoms with van der Waals surface area (Å²) in [4.78, 5) is 0. The van der Waals surface area contributed by atoms with E-state index in [0.29, 0.717) is 13.2 Å². The number of halogens is 1. The number of hydrogen-bond donors (Lipinski definition) is 0. The third kappa shape index (κ3) is 6.02. The van der Waals surface area contributed by atoms with E-state index in [9.17, 15) is 0 Å². The van der Waals surface area contributed by atoms with E-state index in [1.165, 1.54) is 0 Å². The second-order valence-corrected chi connectivity index (χ2v) is 7.98. The van der Waals surface area contributed by atoms with Gasteiger partial charge in [-0.1, -0.05) is 91.0 Å². The second-order valence-electron chi connectivity index (χ2n) is 7.98. The van der Waals surface area contributed by atoms with Gasteiger partial charge >= 0.3 is 0 Å². The third-order valence-corrected chi connectivity index (χ3v) is 5.57. The van der Waals surface area contributed by atoms with Crippen LogP contribution in [0.4, 0.5) is 4.39 Å². The van der Waals surface area contributed by atoms with Crippen molar-refractivity contribution in [1.29, 1.82) is 0 Å². The Balaban J connectivity index is 1.50. The highest BCUT2D eigenvalue weighted by Crippen LogP contribution is 2.30. The summed E-state index contributed by atoms with van der Waals surface area (Å²) in [6.45, 7) is 2.79. The van der Waals surface area contributed by atoms with Gasteiger partial charge in [0, 0.05) is 0 Å². The SMILES string of the molecule is CC1O[C@@H](F)C(OCc2ccccc2)C(OCc2ccccc2)[C@H]1OCc1ccccc1. The van der Waals surface area contributed by atoms with Crippen molar-refractivity contribution in [3.63, 3.8) is 0 Å². The van der Waals surface area contributed by atoms with Gasteiger partial charge in [-0.3, -0.25) is 0 Å². The van der Waals surface area contributed by atoms with Crippen LogP contribution >= 0.6 is 0 Å². The first-order valence-corrected chi connectivity index (χ1v) is 11.0. The molecule has 0 N–H and O–H groups in total. The molecule has 168 valence electrons. The Labute approximate surface area is 188 Å². The summed E-state index contributed by atoms with van der Waals surface area (Å²) in [6.07, 6.45) is -4.10. The summed E-state index contributed by atoms with van der Waals surface area (Å²) in [7, 11) is 0. The molecule has 1 fully saturated rings. The summed E-state index contributed by atoms with van der Waals surface area (Å²) >= 11 is 0. The van der Waals surface area contributed by atoms with E-state index < -0.39 is 30.8 Å². The topological polar surface area (TPSA) is 36.9 Å². The Bertz CT molecular complexity index is 867. The predicted molar refractivity (Wildman–Crippen MR) is 121 cm³/mol. The minimum atomic E-state index is -1.61. The van der Waals surface area contributed by atoms with Gasteiger partial charge < -0.3 is 18.9 Å². The highest BCUT2D eigenvalue weighted by Gasteiger charge is 2.47. The van der Waals surface area contributed by atoms with Crippen LogP contribution in [-0.4, -0.2) is 30.8 Å². The molecule has 0 spiro atoms. The van der Waals surface area contributed by atoms with Crippen molar-refractivity contribution in [1.82, 2.24) is 0 Å². The number of hydrogen-bond acceptors (Lipinski definition) is 4. The third-order valence-electron chi connectivity index (χ3n) is 5.57. The lowest BCUT2D eigenvalue weighted by Gasteiger charge is -2.42. The van der Waals surface area contributed by atoms with Crippen LogP contribution in [0.15, 0.2) is 91.0 Å². The number of benzene rings is 3. The van der Waals surface area contributed by atoms with E-state index >= 15 is 4.39 Å². The monoisotopic (exact) mass is 436 g/mol. The number of rotatable bonds is 9. The fraction of sp³-hybridized carbons (Fsp3) is 0.333. The van der Waals surface area contributed by atoms with Crippen LogP contribution in [0.1, 0.15) is 23.6 Å². The first-order valence-electron chi connectivity index (χ1n) is 11.0. The maximum Gasteiger partial charge on any atom is 0.228 e. The Morgan fingerprint density at radius 1 is 0.594 bits per heavy atom. The average molecular weight is 437 g/mol. The molecule has 5 heteroatoms. The molecule has 4 rings (SSSR count). The molecule has 1 heterocycles. The van der Waals surface area contributed by atoms with Crippen LogP contribution in [-0.2, 0) is 38.8 Å². The van der Waals surface area contributed by atoms with Crippen LogP contribution in [0.25, 0.3) is 0 Å². The molecule has 5 atom stereocenters. The summed E-state index contributed by atoms with van der Waals surface area (Å²) in [5.41, 5.74) is 3.00. The van der Waals surface area contributed by atoms with Crippen molar-refractivity contribution in [3.05, 3.63) is 108 Å². The molecule has 32 heavy (non-hydrogen) atoms. The zero-order valence-electron chi connectivity index (χ0n) is 18.2. The van der Waals surface area contributed by atoms with E-state index in [4.69, 9.17) is 18.9 Å². The van der Waals surface area contributed by atoms with Crippen molar-refractivity contribution in [2.24, 2.45) is 0 Å². The summed E-state index contributed by atoms with van der Waals surface area (Å²) in [5.74, 6) is 0. The summed E-state index contributed by atoms with van der Waals surface area (Å²) in [6, 6.07) is 29.4. The van der Waals surface area contributed by atoms with E-state index in [0.717, 1.165) is 16.7 Å².